The van der Waals surface area contributed by atoms with Crippen LogP contribution in [0.25, 0.3) is 10.9 Å². The molecule has 3 rings (SSSR count). The van der Waals surface area contributed by atoms with Crippen LogP contribution in [-0.2, 0) is 0 Å². The van der Waals surface area contributed by atoms with E-state index in [2.05, 4.69) is 23.3 Å². The van der Waals surface area contributed by atoms with Gasteiger partial charge in [-0.2, -0.15) is 0 Å². The molecule has 0 bridgehead atoms. The molecule has 0 radical (unpaired) electrons. The van der Waals surface area contributed by atoms with E-state index in [1.807, 2.05) is 6.07 Å². The van der Waals surface area contributed by atoms with E-state index in [1.165, 1.54) is 36.6 Å². The van der Waals surface area contributed by atoms with Crippen molar-refractivity contribution in [1.82, 2.24) is 4.98 Å². The lowest BCUT2D eigenvalue weighted by molar-refractivity contribution is 0.415. The molecule has 1 fully saturated rings. The van der Waals surface area contributed by atoms with Crippen molar-refractivity contribution in [2.75, 3.05) is 7.11 Å². The van der Waals surface area contributed by atoms with Gasteiger partial charge in [0.2, 0.25) is 0 Å². The van der Waals surface area contributed by atoms with Gasteiger partial charge in [0, 0.05) is 23.1 Å². The first-order chi connectivity index (χ1) is 8.79. The SMILES string of the molecule is COc1ccc2[nH]cc([C@@H](N)C3CCCC3)c2c1. The molecule has 1 aromatic heterocycles. The second-order valence-corrected chi connectivity index (χ2v) is 5.23. The monoisotopic (exact) mass is 244 g/mol. The van der Waals surface area contributed by atoms with E-state index >= 15 is 0 Å². The van der Waals surface area contributed by atoms with Crippen molar-refractivity contribution < 1.29 is 4.74 Å². The summed E-state index contributed by atoms with van der Waals surface area (Å²) in [6.45, 7) is 0. The minimum Gasteiger partial charge on any atom is -0.497 e. The molecule has 0 spiro atoms. The molecule has 18 heavy (non-hydrogen) atoms. The Hall–Kier alpha value is -1.48. The van der Waals surface area contributed by atoms with E-state index < -0.39 is 0 Å². The first-order valence-corrected chi connectivity index (χ1v) is 6.70. The average Bonchev–Trinajstić information content (AvgIpc) is 3.06. The molecule has 3 N–H and O–H groups in total. The number of ether oxygens (including phenoxy) is 1. The Kier molecular flexibility index (Phi) is 3.00. The van der Waals surface area contributed by atoms with E-state index in [4.69, 9.17) is 10.5 Å². The van der Waals surface area contributed by atoms with Crippen LogP contribution in [0.3, 0.4) is 0 Å². The second-order valence-electron chi connectivity index (χ2n) is 5.23. The number of benzene rings is 1. The number of fused-ring (bicyclic) bond motifs is 1. The lowest BCUT2D eigenvalue weighted by Gasteiger charge is -2.18. The maximum atomic E-state index is 6.44. The van der Waals surface area contributed by atoms with Crippen LogP contribution in [0.15, 0.2) is 24.4 Å². The summed E-state index contributed by atoms with van der Waals surface area (Å²) in [6.07, 6.45) is 7.23. The number of H-pyrrole nitrogens is 1. The number of aromatic nitrogens is 1. The molecule has 2 aromatic rings. The van der Waals surface area contributed by atoms with Crippen LogP contribution in [0.2, 0.25) is 0 Å². The lowest BCUT2D eigenvalue weighted by Crippen LogP contribution is -2.18. The molecule has 1 atom stereocenters. The molecule has 96 valence electrons. The van der Waals surface area contributed by atoms with Crippen LogP contribution < -0.4 is 10.5 Å². The number of nitrogens with two attached hydrogens (primary N) is 1. The molecule has 1 aliphatic carbocycles. The van der Waals surface area contributed by atoms with Crippen molar-refractivity contribution in [1.29, 1.82) is 0 Å². The van der Waals surface area contributed by atoms with Crippen molar-refractivity contribution in [2.45, 2.75) is 31.7 Å². The quantitative estimate of drug-likeness (QED) is 0.869. The van der Waals surface area contributed by atoms with Crippen molar-refractivity contribution in [3.05, 3.63) is 30.0 Å². The average molecular weight is 244 g/mol. The van der Waals surface area contributed by atoms with E-state index in [1.54, 1.807) is 7.11 Å². The molecular weight excluding hydrogens is 224 g/mol. The van der Waals surface area contributed by atoms with Gasteiger partial charge >= 0.3 is 0 Å². The highest BCUT2D eigenvalue weighted by atomic mass is 16.5. The van der Waals surface area contributed by atoms with E-state index in [-0.39, 0.29) is 6.04 Å². The van der Waals surface area contributed by atoms with E-state index in [9.17, 15) is 0 Å². The summed E-state index contributed by atoms with van der Waals surface area (Å²) >= 11 is 0. The number of aromatic amines is 1. The first kappa shape index (κ1) is 11.6. The Morgan fingerprint density at radius 1 is 1.33 bits per heavy atom. The molecule has 1 aliphatic rings. The van der Waals surface area contributed by atoms with Gasteiger partial charge in [-0.1, -0.05) is 12.8 Å². The zero-order valence-electron chi connectivity index (χ0n) is 10.8. The van der Waals surface area contributed by atoms with Crippen molar-refractivity contribution in [2.24, 2.45) is 11.7 Å². The van der Waals surface area contributed by atoms with Crippen LogP contribution in [0.4, 0.5) is 0 Å². The van der Waals surface area contributed by atoms with Gasteiger partial charge in [-0.15, -0.1) is 0 Å². The Morgan fingerprint density at radius 2 is 2.11 bits per heavy atom. The molecule has 1 heterocycles. The smallest absolute Gasteiger partial charge is 0.119 e. The maximum absolute atomic E-state index is 6.44. The zero-order valence-corrected chi connectivity index (χ0v) is 10.8. The fourth-order valence-electron chi connectivity index (χ4n) is 3.09. The van der Waals surface area contributed by atoms with Gasteiger partial charge in [-0.25, -0.2) is 0 Å². The van der Waals surface area contributed by atoms with Gasteiger partial charge < -0.3 is 15.5 Å². The maximum Gasteiger partial charge on any atom is 0.119 e. The number of methoxy groups -OCH3 is 1. The summed E-state index contributed by atoms with van der Waals surface area (Å²) in [5, 5.41) is 1.20. The highest BCUT2D eigenvalue weighted by Crippen LogP contribution is 2.37. The fraction of sp³-hybridized carbons (Fsp3) is 0.467. The molecule has 0 unspecified atom stereocenters. The Bertz CT molecular complexity index is 540. The second kappa shape index (κ2) is 4.65. The van der Waals surface area contributed by atoms with Gasteiger partial charge in [0.1, 0.15) is 5.75 Å². The molecule has 0 aliphatic heterocycles. The molecule has 0 amide bonds. The topological polar surface area (TPSA) is 51.0 Å². The third-order valence-corrected chi connectivity index (χ3v) is 4.19. The lowest BCUT2D eigenvalue weighted by atomic mass is 9.92. The normalized spacial score (nSPS) is 18.3. The molecule has 3 nitrogen and oxygen atoms in total. The summed E-state index contributed by atoms with van der Waals surface area (Å²) in [4.78, 5) is 3.31. The third kappa shape index (κ3) is 1.89. The highest BCUT2D eigenvalue weighted by Gasteiger charge is 2.25. The number of hydrogen-bond acceptors (Lipinski definition) is 2. The van der Waals surface area contributed by atoms with Gasteiger partial charge in [0.15, 0.2) is 0 Å². The summed E-state index contributed by atoms with van der Waals surface area (Å²) in [5.74, 6) is 1.53. The summed E-state index contributed by atoms with van der Waals surface area (Å²) < 4.78 is 5.30. The summed E-state index contributed by atoms with van der Waals surface area (Å²) in [6, 6.07) is 6.26. The predicted octanol–water partition coefficient (Wildman–Crippen LogP) is 3.37. The largest absolute Gasteiger partial charge is 0.497 e. The molecule has 1 saturated carbocycles. The highest BCUT2D eigenvalue weighted by molar-refractivity contribution is 5.85. The van der Waals surface area contributed by atoms with Gasteiger partial charge in [0.25, 0.3) is 0 Å². The minimum absolute atomic E-state index is 0.147. The minimum atomic E-state index is 0.147. The molecular formula is C15H20N2O. The molecule has 0 saturated heterocycles. The standard InChI is InChI=1S/C15H20N2O/c1-18-11-6-7-14-12(8-11)13(9-17-14)15(16)10-4-2-3-5-10/h6-10,15,17H,2-5,16H2,1H3/t15-/m0/s1. The Balaban J connectivity index is 1.99. The van der Waals surface area contributed by atoms with Crippen molar-refractivity contribution in [3.63, 3.8) is 0 Å². The zero-order chi connectivity index (χ0) is 12.5. The van der Waals surface area contributed by atoms with Gasteiger partial charge in [0.05, 0.1) is 7.11 Å². The molecule has 1 aromatic carbocycles. The van der Waals surface area contributed by atoms with Gasteiger partial charge in [-0.3, -0.25) is 0 Å². The van der Waals surface area contributed by atoms with Gasteiger partial charge in [-0.05, 0) is 42.5 Å². The fourth-order valence-corrected chi connectivity index (χ4v) is 3.09. The Labute approximate surface area is 107 Å². The number of hydrogen-bond donors (Lipinski definition) is 2. The van der Waals surface area contributed by atoms with E-state index in [0.717, 1.165) is 11.3 Å². The van der Waals surface area contributed by atoms with E-state index in [0.29, 0.717) is 5.92 Å². The summed E-state index contributed by atoms with van der Waals surface area (Å²) in [5.41, 5.74) is 8.81. The van der Waals surface area contributed by atoms with Crippen molar-refractivity contribution >= 4 is 10.9 Å². The van der Waals surface area contributed by atoms with Crippen LogP contribution in [-0.4, -0.2) is 12.1 Å². The van der Waals surface area contributed by atoms with Crippen molar-refractivity contribution in [3.8, 4) is 5.75 Å². The van der Waals surface area contributed by atoms with Crippen LogP contribution in [0.1, 0.15) is 37.3 Å². The summed E-state index contributed by atoms with van der Waals surface area (Å²) in [7, 11) is 1.70. The van der Waals surface area contributed by atoms with Crippen LogP contribution in [0.5, 0.6) is 5.75 Å². The third-order valence-electron chi connectivity index (χ3n) is 4.19. The first-order valence-electron chi connectivity index (χ1n) is 6.70. The number of rotatable bonds is 3. The van der Waals surface area contributed by atoms with Crippen LogP contribution in [0, 0.1) is 5.92 Å². The predicted molar refractivity (Wildman–Crippen MR) is 73.7 cm³/mol. The number of nitrogens with one attached hydrogen (secondary N) is 1. The van der Waals surface area contributed by atoms with Crippen LogP contribution >= 0.6 is 0 Å². The molecule has 3 heteroatoms. The Morgan fingerprint density at radius 3 is 2.83 bits per heavy atom.